The fourth-order valence-corrected chi connectivity index (χ4v) is 1.12. The average Bonchev–Trinajstić information content (AvgIpc) is 2.21. The van der Waals surface area contributed by atoms with Crippen LogP contribution in [0.25, 0.3) is 0 Å². The molecule has 84 valence electrons. The molecule has 1 unspecified atom stereocenters. The van der Waals surface area contributed by atoms with Crippen molar-refractivity contribution in [1.29, 1.82) is 0 Å². The van der Waals surface area contributed by atoms with Crippen LogP contribution in [-0.2, 0) is 6.42 Å². The van der Waals surface area contributed by atoms with Crippen molar-refractivity contribution in [2.45, 2.75) is 19.1 Å². The number of nitrogen functional groups attached to an aromatic ring is 1. The monoisotopic (exact) mass is 211 g/mol. The Labute approximate surface area is 89.0 Å². The Bertz CT molecular complexity index is 298. The summed E-state index contributed by atoms with van der Waals surface area (Å²) < 4.78 is 0. The summed E-state index contributed by atoms with van der Waals surface area (Å²) in [6, 6.07) is 3.62. The molecule has 5 nitrogen and oxygen atoms in total. The first-order chi connectivity index (χ1) is 7.03. The molecule has 0 aromatic carbocycles. The Hall–Kier alpha value is -1.17. The van der Waals surface area contributed by atoms with Crippen LogP contribution in [0.3, 0.4) is 0 Å². The van der Waals surface area contributed by atoms with Crippen LogP contribution in [0.5, 0.6) is 0 Å². The van der Waals surface area contributed by atoms with Crippen molar-refractivity contribution in [3.8, 4) is 0 Å². The number of nitrogens with one attached hydrogen (secondary N) is 1. The van der Waals surface area contributed by atoms with Gasteiger partial charge in [0.1, 0.15) is 11.5 Å². The predicted molar refractivity (Wildman–Crippen MR) is 58.1 cm³/mol. The van der Waals surface area contributed by atoms with Gasteiger partial charge in [-0.05, 0) is 25.0 Å². The molecule has 0 saturated carbocycles. The number of pyridine rings is 1. The first-order valence-corrected chi connectivity index (χ1v) is 4.82. The molecule has 0 spiro atoms. The van der Waals surface area contributed by atoms with Gasteiger partial charge in [0.25, 0.3) is 0 Å². The third-order valence-corrected chi connectivity index (χ3v) is 2.08. The molecule has 15 heavy (non-hydrogen) atoms. The van der Waals surface area contributed by atoms with Gasteiger partial charge < -0.3 is 15.9 Å². The highest BCUT2D eigenvalue weighted by Gasteiger charge is 2.16. The number of hydrogen-bond acceptors (Lipinski definition) is 5. The lowest BCUT2D eigenvalue weighted by Gasteiger charge is -2.21. The molecule has 1 aromatic heterocycles. The summed E-state index contributed by atoms with van der Waals surface area (Å²) in [5.74, 6) is 0.495. The SMILES string of the molecule is CC(O)(CO)NCCc1ccc(N)nc1. The number of aliphatic hydroxyl groups is 2. The first-order valence-electron chi connectivity index (χ1n) is 4.82. The smallest absolute Gasteiger partial charge is 0.136 e. The number of nitrogens with zero attached hydrogens (tertiary/aromatic N) is 1. The maximum absolute atomic E-state index is 9.45. The van der Waals surface area contributed by atoms with Crippen molar-refractivity contribution in [2.24, 2.45) is 0 Å². The minimum Gasteiger partial charge on any atom is -0.392 e. The topological polar surface area (TPSA) is 91.4 Å². The van der Waals surface area contributed by atoms with E-state index in [9.17, 15) is 5.11 Å². The van der Waals surface area contributed by atoms with E-state index in [1.165, 1.54) is 6.92 Å². The standard InChI is InChI=1S/C10H17N3O2/c1-10(15,7-14)13-5-4-8-2-3-9(11)12-6-8/h2-3,6,13-15H,4-5,7H2,1H3,(H2,11,12). The zero-order chi connectivity index (χ0) is 11.3. The largest absolute Gasteiger partial charge is 0.392 e. The fourth-order valence-electron chi connectivity index (χ4n) is 1.12. The van der Waals surface area contributed by atoms with Gasteiger partial charge in [0.15, 0.2) is 0 Å². The average molecular weight is 211 g/mol. The van der Waals surface area contributed by atoms with Gasteiger partial charge in [0, 0.05) is 12.7 Å². The summed E-state index contributed by atoms with van der Waals surface area (Å²) >= 11 is 0. The summed E-state index contributed by atoms with van der Waals surface area (Å²) in [5, 5.41) is 21.1. The Morgan fingerprint density at radius 2 is 2.27 bits per heavy atom. The van der Waals surface area contributed by atoms with Crippen molar-refractivity contribution < 1.29 is 10.2 Å². The van der Waals surface area contributed by atoms with Crippen LogP contribution in [0.4, 0.5) is 5.82 Å². The molecule has 1 aromatic rings. The molecule has 0 aliphatic rings. The molecule has 0 fully saturated rings. The van der Waals surface area contributed by atoms with Crippen LogP contribution in [0.1, 0.15) is 12.5 Å². The Balaban J connectivity index is 2.35. The fraction of sp³-hybridized carbons (Fsp3) is 0.500. The zero-order valence-corrected chi connectivity index (χ0v) is 8.77. The van der Waals surface area contributed by atoms with Crippen LogP contribution in [-0.4, -0.2) is 34.1 Å². The summed E-state index contributed by atoms with van der Waals surface area (Å²) in [6.45, 7) is 1.78. The predicted octanol–water partition coefficient (Wildman–Crippen LogP) is -0.503. The number of aliphatic hydroxyl groups excluding tert-OH is 1. The Morgan fingerprint density at radius 3 is 2.80 bits per heavy atom. The highest BCUT2D eigenvalue weighted by Crippen LogP contribution is 2.02. The molecular formula is C10H17N3O2. The lowest BCUT2D eigenvalue weighted by atomic mass is 10.2. The van der Waals surface area contributed by atoms with E-state index in [0.717, 1.165) is 12.0 Å². The van der Waals surface area contributed by atoms with Gasteiger partial charge in [0.05, 0.1) is 6.61 Å². The second-order valence-electron chi connectivity index (χ2n) is 3.70. The van der Waals surface area contributed by atoms with Crippen LogP contribution in [0.15, 0.2) is 18.3 Å². The van der Waals surface area contributed by atoms with E-state index in [4.69, 9.17) is 10.8 Å². The molecule has 0 aliphatic carbocycles. The van der Waals surface area contributed by atoms with Crippen molar-refractivity contribution in [3.63, 3.8) is 0 Å². The second kappa shape index (κ2) is 5.06. The van der Waals surface area contributed by atoms with Gasteiger partial charge in [-0.3, -0.25) is 5.32 Å². The normalized spacial score (nSPS) is 14.9. The van der Waals surface area contributed by atoms with Crippen molar-refractivity contribution >= 4 is 5.82 Å². The van der Waals surface area contributed by atoms with Crippen LogP contribution in [0.2, 0.25) is 0 Å². The van der Waals surface area contributed by atoms with Crippen LogP contribution < -0.4 is 11.1 Å². The maximum atomic E-state index is 9.45. The second-order valence-corrected chi connectivity index (χ2v) is 3.70. The Morgan fingerprint density at radius 1 is 1.53 bits per heavy atom. The van der Waals surface area contributed by atoms with Crippen molar-refractivity contribution in [1.82, 2.24) is 10.3 Å². The van der Waals surface area contributed by atoms with Crippen molar-refractivity contribution in [3.05, 3.63) is 23.9 Å². The summed E-state index contributed by atoms with van der Waals surface area (Å²) in [5.41, 5.74) is 5.26. The lowest BCUT2D eigenvalue weighted by molar-refractivity contribution is -0.0263. The molecule has 1 atom stereocenters. The minimum absolute atomic E-state index is 0.313. The van der Waals surface area contributed by atoms with E-state index >= 15 is 0 Å². The number of hydrogen-bond donors (Lipinski definition) is 4. The van der Waals surface area contributed by atoms with Crippen LogP contribution >= 0.6 is 0 Å². The number of nitrogens with two attached hydrogens (primary N) is 1. The highest BCUT2D eigenvalue weighted by atomic mass is 16.3. The molecular weight excluding hydrogens is 194 g/mol. The number of rotatable bonds is 5. The quantitative estimate of drug-likeness (QED) is 0.493. The van der Waals surface area contributed by atoms with E-state index < -0.39 is 5.72 Å². The molecule has 1 rings (SSSR count). The molecule has 0 aliphatic heterocycles. The van der Waals surface area contributed by atoms with Gasteiger partial charge in [-0.1, -0.05) is 6.07 Å². The molecule has 5 N–H and O–H groups in total. The first kappa shape index (κ1) is 11.9. The van der Waals surface area contributed by atoms with Gasteiger partial charge in [-0.2, -0.15) is 0 Å². The van der Waals surface area contributed by atoms with E-state index in [1.54, 1.807) is 12.3 Å². The lowest BCUT2D eigenvalue weighted by Crippen LogP contribution is -2.46. The van der Waals surface area contributed by atoms with Gasteiger partial charge >= 0.3 is 0 Å². The third kappa shape index (κ3) is 4.24. The summed E-state index contributed by atoms with van der Waals surface area (Å²) in [6.07, 6.45) is 2.42. The molecule has 0 bridgehead atoms. The zero-order valence-electron chi connectivity index (χ0n) is 8.77. The molecule has 0 saturated heterocycles. The van der Waals surface area contributed by atoms with Gasteiger partial charge in [0.2, 0.25) is 0 Å². The van der Waals surface area contributed by atoms with E-state index in [1.807, 2.05) is 6.07 Å². The highest BCUT2D eigenvalue weighted by molar-refractivity contribution is 5.29. The maximum Gasteiger partial charge on any atom is 0.136 e. The molecule has 0 radical (unpaired) electrons. The molecule has 1 heterocycles. The van der Waals surface area contributed by atoms with Gasteiger partial charge in [-0.25, -0.2) is 4.98 Å². The molecule has 0 amide bonds. The van der Waals surface area contributed by atoms with Crippen molar-refractivity contribution in [2.75, 3.05) is 18.9 Å². The summed E-state index contributed by atoms with van der Waals surface area (Å²) in [7, 11) is 0. The summed E-state index contributed by atoms with van der Waals surface area (Å²) in [4.78, 5) is 3.95. The third-order valence-electron chi connectivity index (χ3n) is 2.08. The van der Waals surface area contributed by atoms with Gasteiger partial charge in [-0.15, -0.1) is 0 Å². The van der Waals surface area contributed by atoms with E-state index in [2.05, 4.69) is 10.3 Å². The number of anilines is 1. The van der Waals surface area contributed by atoms with Crippen LogP contribution in [0, 0.1) is 0 Å². The molecule has 5 heteroatoms. The number of aromatic nitrogens is 1. The minimum atomic E-state index is -1.22. The Kier molecular flexibility index (Phi) is 4.02. The van der Waals surface area contributed by atoms with E-state index in [-0.39, 0.29) is 6.61 Å². The van der Waals surface area contributed by atoms with E-state index in [0.29, 0.717) is 12.4 Å².